The van der Waals surface area contributed by atoms with E-state index in [4.69, 9.17) is 11.6 Å². The van der Waals surface area contributed by atoms with Gasteiger partial charge in [0.05, 0.1) is 11.1 Å². The number of carbonyl (C=O) groups is 1. The average molecular weight is 442 g/mol. The first-order chi connectivity index (χ1) is 14.0. The van der Waals surface area contributed by atoms with E-state index >= 15 is 0 Å². The summed E-state index contributed by atoms with van der Waals surface area (Å²) in [6.07, 6.45) is 0. The van der Waals surface area contributed by atoms with Crippen molar-refractivity contribution in [1.82, 2.24) is 9.97 Å². The number of hydrogen-bond acceptors (Lipinski definition) is 5. The van der Waals surface area contributed by atoms with Crippen molar-refractivity contribution in [3.63, 3.8) is 0 Å². The zero-order valence-electron chi connectivity index (χ0n) is 15.4. The molecular formula is C21H16ClN3O2S2. The van der Waals surface area contributed by atoms with Crippen LogP contribution in [0.25, 0.3) is 21.3 Å². The summed E-state index contributed by atoms with van der Waals surface area (Å²) < 4.78 is 0. The van der Waals surface area contributed by atoms with Crippen LogP contribution in [-0.4, -0.2) is 21.6 Å². The summed E-state index contributed by atoms with van der Waals surface area (Å²) >= 11 is 8.55. The molecule has 2 heterocycles. The summed E-state index contributed by atoms with van der Waals surface area (Å²) in [4.78, 5) is 32.9. The number of nitrogens with zero attached hydrogens (tertiary/aromatic N) is 1. The standard InChI is InChI=1S/C21H16ClN3O2S2/c1-12-9-14(22)7-8-16(12)23-17(26)11-29-21-24-19(27)18-15(10-28-20(18)25-21)13-5-3-2-4-6-13/h2-10H,11H2,1H3,(H,23,26)(H,24,25,27). The first-order valence-electron chi connectivity index (χ1n) is 8.77. The highest BCUT2D eigenvalue weighted by Crippen LogP contribution is 2.31. The molecule has 2 aromatic heterocycles. The number of fused-ring (bicyclic) bond motifs is 1. The van der Waals surface area contributed by atoms with Gasteiger partial charge in [-0.05, 0) is 36.2 Å². The van der Waals surface area contributed by atoms with Crippen LogP contribution in [0.1, 0.15) is 5.56 Å². The summed E-state index contributed by atoms with van der Waals surface area (Å²) in [5.41, 5.74) is 3.24. The van der Waals surface area contributed by atoms with Crippen molar-refractivity contribution in [3.8, 4) is 11.1 Å². The Bertz CT molecular complexity index is 1250. The molecule has 0 aliphatic heterocycles. The Balaban J connectivity index is 1.50. The van der Waals surface area contributed by atoms with Gasteiger partial charge >= 0.3 is 0 Å². The molecule has 8 heteroatoms. The quantitative estimate of drug-likeness (QED) is 0.323. The second-order valence-electron chi connectivity index (χ2n) is 6.36. The number of benzene rings is 2. The van der Waals surface area contributed by atoms with E-state index in [1.807, 2.05) is 42.6 Å². The molecule has 5 nitrogen and oxygen atoms in total. The Morgan fingerprint density at radius 1 is 1.24 bits per heavy atom. The highest BCUT2D eigenvalue weighted by atomic mass is 35.5. The third-order valence-corrected chi connectivity index (χ3v) is 6.29. The van der Waals surface area contributed by atoms with Gasteiger partial charge in [-0.25, -0.2) is 4.98 Å². The molecule has 2 aromatic carbocycles. The molecule has 0 saturated heterocycles. The lowest BCUT2D eigenvalue weighted by Crippen LogP contribution is -2.16. The molecule has 0 spiro atoms. The van der Waals surface area contributed by atoms with Gasteiger partial charge in [0, 0.05) is 21.7 Å². The Labute approximate surface area is 180 Å². The number of amides is 1. The number of aromatic nitrogens is 2. The third kappa shape index (κ3) is 4.37. The van der Waals surface area contributed by atoms with Crippen LogP contribution >= 0.6 is 34.7 Å². The lowest BCUT2D eigenvalue weighted by Gasteiger charge is -2.08. The van der Waals surface area contributed by atoms with Crippen LogP contribution in [0, 0.1) is 6.92 Å². The molecule has 4 aromatic rings. The second kappa shape index (κ2) is 8.41. The fourth-order valence-corrected chi connectivity index (χ4v) is 4.81. The molecule has 0 saturated carbocycles. The van der Waals surface area contributed by atoms with E-state index in [0.29, 0.717) is 26.1 Å². The lowest BCUT2D eigenvalue weighted by atomic mass is 10.1. The van der Waals surface area contributed by atoms with Gasteiger partial charge in [-0.1, -0.05) is 53.7 Å². The molecule has 0 radical (unpaired) electrons. The van der Waals surface area contributed by atoms with Crippen molar-refractivity contribution >= 4 is 56.5 Å². The molecule has 1 amide bonds. The number of aryl methyl sites for hydroxylation is 1. The minimum atomic E-state index is -0.202. The van der Waals surface area contributed by atoms with Gasteiger partial charge in [0.1, 0.15) is 4.83 Å². The molecule has 0 atom stereocenters. The Morgan fingerprint density at radius 2 is 2.03 bits per heavy atom. The van der Waals surface area contributed by atoms with Crippen LogP contribution in [0.15, 0.2) is 63.9 Å². The monoisotopic (exact) mass is 441 g/mol. The van der Waals surface area contributed by atoms with Gasteiger partial charge in [0.2, 0.25) is 5.91 Å². The van der Waals surface area contributed by atoms with Crippen LogP contribution < -0.4 is 10.9 Å². The number of halogens is 1. The van der Waals surface area contributed by atoms with Crippen LogP contribution in [0.2, 0.25) is 5.02 Å². The van der Waals surface area contributed by atoms with Gasteiger partial charge in [0.15, 0.2) is 5.16 Å². The minimum absolute atomic E-state index is 0.132. The summed E-state index contributed by atoms with van der Waals surface area (Å²) in [5.74, 6) is -0.0488. The van der Waals surface area contributed by atoms with E-state index in [1.165, 1.54) is 23.1 Å². The van der Waals surface area contributed by atoms with Gasteiger partial charge in [-0.3, -0.25) is 9.59 Å². The number of hydrogen-bond donors (Lipinski definition) is 2. The molecule has 0 aliphatic carbocycles. The molecule has 29 heavy (non-hydrogen) atoms. The molecular weight excluding hydrogens is 426 g/mol. The van der Waals surface area contributed by atoms with Crippen molar-refractivity contribution in [2.45, 2.75) is 12.1 Å². The summed E-state index contributed by atoms with van der Waals surface area (Å²) in [5, 5.41) is 6.41. The average Bonchev–Trinajstić information content (AvgIpc) is 3.14. The van der Waals surface area contributed by atoms with Crippen molar-refractivity contribution in [2.75, 3.05) is 11.1 Å². The maximum atomic E-state index is 12.7. The van der Waals surface area contributed by atoms with E-state index in [-0.39, 0.29) is 17.2 Å². The van der Waals surface area contributed by atoms with Crippen LogP contribution in [0.4, 0.5) is 5.69 Å². The zero-order valence-corrected chi connectivity index (χ0v) is 17.8. The van der Waals surface area contributed by atoms with Crippen LogP contribution in [0.5, 0.6) is 0 Å². The van der Waals surface area contributed by atoms with Crippen molar-refractivity contribution in [2.24, 2.45) is 0 Å². The summed E-state index contributed by atoms with van der Waals surface area (Å²) in [7, 11) is 0. The number of rotatable bonds is 5. The SMILES string of the molecule is Cc1cc(Cl)ccc1NC(=O)CSc1nc2scc(-c3ccccc3)c2c(=O)[nH]1. The predicted octanol–water partition coefficient (Wildman–Crippen LogP) is 5.34. The smallest absolute Gasteiger partial charge is 0.260 e. The lowest BCUT2D eigenvalue weighted by molar-refractivity contribution is -0.113. The number of H-pyrrole nitrogens is 1. The Hall–Kier alpha value is -2.61. The Kier molecular flexibility index (Phi) is 5.71. The topological polar surface area (TPSA) is 74.8 Å². The number of carbonyl (C=O) groups excluding carboxylic acids is 1. The van der Waals surface area contributed by atoms with E-state index in [9.17, 15) is 9.59 Å². The highest BCUT2D eigenvalue weighted by molar-refractivity contribution is 7.99. The largest absolute Gasteiger partial charge is 0.325 e. The van der Waals surface area contributed by atoms with Crippen molar-refractivity contribution in [1.29, 1.82) is 0 Å². The number of thiophene rings is 1. The molecule has 2 N–H and O–H groups in total. The fraction of sp³-hybridized carbons (Fsp3) is 0.0952. The third-order valence-electron chi connectivity index (χ3n) is 4.31. The van der Waals surface area contributed by atoms with Gasteiger partial charge in [0.25, 0.3) is 5.56 Å². The normalized spacial score (nSPS) is 11.0. The molecule has 0 unspecified atom stereocenters. The van der Waals surface area contributed by atoms with Crippen LogP contribution in [0.3, 0.4) is 0 Å². The number of thioether (sulfide) groups is 1. The minimum Gasteiger partial charge on any atom is -0.325 e. The van der Waals surface area contributed by atoms with Crippen LogP contribution in [-0.2, 0) is 4.79 Å². The Morgan fingerprint density at radius 3 is 2.79 bits per heavy atom. The summed E-state index contributed by atoms with van der Waals surface area (Å²) in [6.45, 7) is 1.88. The first kappa shape index (κ1) is 19.7. The first-order valence-corrected chi connectivity index (χ1v) is 11.0. The molecule has 0 bridgehead atoms. The maximum absolute atomic E-state index is 12.7. The fourth-order valence-electron chi connectivity index (χ4n) is 2.92. The number of nitrogens with one attached hydrogen (secondary N) is 2. The summed E-state index contributed by atoms with van der Waals surface area (Å²) in [6, 6.07) is 15.0. The molecule has 0 fully saturated rings. The van der Waals surface area contributed by atoms with E-state index in [1.54, 1.807) is 18.2 Å². The zero-order chi connectivity index (χ0) is 20.4. The van der Waals surface area contributed by atoms with Crippen molar-refractivity contribution in [3.05, 3.63) is 74.9 Å². The molecule has 0 aliphatic rings. The number of anilines is 1. The van der Waals surface area contributed by atoms with E-state index < -0.39 is 0 Å². The molecule has 146 valence electrons. The van der Waals surface area contributed by atoms with Gasteiger partial charge in [-0.15, -0.1) is 11.3 Å². The molecule has 4 rings (SSSR count). The van der Waals surface area contributed by atoms with E-state index in [0.717, 1.165) is 16.7 Å². The van der Waals surface area contributed by atoms with Crippen molar-refractivity contribution < 1.29 is 4.79 Å². The second-order valence-corrected chi connectivity index (χ2v) is 8.62. The predicted molar refractivity (Wildman–Crippen MR) is 121 cm³/mol. The highest BCUT2D eigenvalue weighted by Gasteiger charge is 2.14. The number of aromatic amines is 1. The van der Waals surface area contributed by atoms with Gasteiger partial charge in [-0.2, -0.15) is 0 Å². The maximum Gasteiger partial charge on any atom is 0.260 e. The van der Waals surface area contributed by atoms with Gasteiger partial charge < -0.3 is 10.3 Å². The van der Waals surface area contributed by atoms with E-state index in [2.05, 4.69) is 15.3 Å².